The minimum absolute atomic E-state index is 0.473. The summed E-state index contributed by atoms with van der Waals surface area (Å²) < 4.78 is 1.14. The molecule has 19 heavy (non-hydrogen) atoms. The number of halogens is 1. The fraction of sp³-hybridized carbons (Fsp3) is 0.294. The van der Waals surface area contributed by atoms with Gasteiger partial charge in [0, 0.05) is 17.1 Å². The van der Waals surface area contributed by atoms with Crippen molar-refractivity contribution in [3.05, 3.63) is 69.7 Å². The highest BCUT2D eigenvalue weighted by atomic mass is 79.9. The number of nitrogens with one attached hydrogen (secondary N) is 1. The minimum Gasteiger partial charge on any atom is -0.310 e. The molecule has 1 unspecified atom stereocenters. The van der Waals surface area contributed by atoms with Gasteiger partial charge in [-0.3, -0.25) is 0 Å². The molecule has 2 aromatic rings. The van der Waals surface area contributed by atoms with Crippen molar-refractivity contribution >= 4 is 15.9 Å². The molecular formula is C17H20BrN. The Hall–Kier alpha value is -1.12. The maximum Gasteiger partial charge on any atom is 0.0210 e. The lowest BCUT2D eigenvalue weighted by Gasteiger charge is -2.15. The molecular weight excluding hydrogens is 298 g/mol. The Morgan fingerprint density at radius 1 is 1.05 bits per heavy atom. The fourth-order valence-corrected chi connectivity index (χ4v) is 2.40. The van der Waals surface area contributed by atoms with Crippen LogP contribution in [-0.2, 0) is 13.0 Å². The Labute approximate surface area is 124 Å². The molecule has 0 spiro atoms. The summed E-state index contributed by atoms with van der Waals surface area (Å²) in [7, 11) is 0. The predicted octanol–water partition coefficient (Wildman–Crippen LogP) is 4.48. The monoisotopic (exact) mass is 317 g/mol. The van der Waals surface area contributed by atoms with Gasteiger partial charge in [-0.15, -0.1) is 0 Å². The van der Waals surface area contributed by atoms with Gasteiger partial charge in [0.2, 0.25) is 0 Å². The highest BCUT2D eigenvalue weighted by Crippen LogP contribution is 2.12. The average Bonchev–Trinajstić information content (AvgIpc) is 2.40. The summed E-state index contributed by atoms with van der Waals surface area (Å²) in [6.45, 7) is 5.33. The normalized spacial score (nSPS) is 12.4. The van der Waals surface area contributed by atoms with Crippen molar-refractivity contribution in [2.75, 3.05) is 0 Å². The Kier molecular flexibility index (Phi) is 5.17. The van der Waals surface area contributed by atoms with Crippen LogP contribution in [-0.4, -0.2) is 6.04 Å². The molecule has 0 aliphatic rings. The number of aryl methyl sites for hydroxylation is 1. The molecule has 0 heterocycles. The lowest BCUT2D eigenvalue weighted by molar-refractivity contribution is 0.544. The smallest absolute Gasteiger partial charge is 0.0210 e. The summed E-state index contributed by atoms with van der Waals surface area (Å²) in [6.07, 6.45) is 1.05. The molecule has 0 fully saturated rings. The topological polar surface area (TPSA) is 12.0 Å². The third-order valence-corrected chi connectivity index (χ3v) is 3.89. The average molecular weight is 318 g/mol. The van der Waals surface area contributed by atoms with Crippen molar-refractivity contribution in [3.63, 3.8) is 0 Å². The third-order valence-electron chi connectivity index (χ3n) is 3.36. The second-order valence-corrected chi connectivity index (χ2v) is 5.95. The standard InChI is InChI=1S/C17H20BrN/c1-13-5-3-4-6-16(13)12-19-14(2)11-15-7-9-17(18)10-8-15/h3-10,14,19H,11-12H2,1-2H3. The van der Waals surface area contributed by atoms with Crippen molar-refractivity contribution in [2.24, 2.45) is 0 Å². The van der Waals surface area contributed by atoms with E-state index in [4.69, 9.17) is 0 Å². The summed E-state index contributed by atoms with van der Waals surface area (Å²) in [5, 5.41) is 3.59. The summed E-state index contributed by atoms with van der Waals surface area (Å²) in [4.78, 5) is 0. The van der Waals surface area contributed by atoms with Gasteiger partial charge >= 0.3 is 0 Å². The van der Waals surface area contributed by atoms with Crippen LogP contribution in [0.3, 0.4) is 0 Å². The summed E-state index contributed by atoms with van der Waals surface area (Å²) in [5.41, 5.74) is 4.10. The molecule has 0 radical (unpaired) electrons. The minimum atomic E-state index is 0.473. The van der Waals surface area contributed by atoms with Gasteiger partial charge < -0.3 is 5.32 Å². The molecule has 0 saturated heterocycles. The molecule has 1 N–H and O–H groups in total. The van der Waals surface area contributed by atoms with Gasteiger partial charge in [-0.05, 0) is 49.1 Å². The molecule has 1 atom stereocenters. The molecule has 2 rings (SSSR count). The molecule has 2 heteroatoms. The quantitative estimate of drug-likeness (QED) is 0.857. The molecule has 2 aromatic carbocycles. The van der Waals surface area contributed by atoms with Crippen LogP contribution in [0.25, 0.3) is 0 Å². The molecule has 100 valence electrons. The van der Waals surface area contributed by atoms with Gasteiger partial charge in [-0.25, -0.2) is 0 Å². The van der Waals surface area contributed by atoms with Crippen molar-refractivity contribution < 1.29 is 0 Å². The SMILES string of the molecule is Cc1ccccc1CNC(C)Cc1ccc(Br)cc1. The van der Waals surface area contributed by atoms with Gasteiger partial charge in [0.15, 0.2) is 0 Å². The zero-order valence-corrected chi connectivity index (χ0v) is 13.1. The van der Waals surface area contributed by atoms with Crippen LogP contribution in [0, 0.1) is 6.92 Å². The number of rotatable bonds is 5. The lowest BCUT2D eigenvalue weighted by Crippen LogP contribution is -2.27. The van der Waals surface area contributed by atoms with Crippen LogP contribution in [0.2, 0.25) is 0 Å². The van der Waals surface area contributed by atoms with E-state index in [9.17, 15) is 0 Å². The summed E-state index contributed by atoms with van der Waals surface area (Å²) >= 11 is 3.47. The van der Waals surface area contributed by atoms with Crippen LogP contribution >= 0.6 is 15.9 Å². The first kappa shape index (κ1) is 14.3. The maximum atomic E-state index is 3.59. The number of hydrogen-bond acceptors (Lipinski definition) is 1. The first-order valence-corrected chi connectivity index (χ1v) is 7.47. The lowest BCUT2D eigenvalue weighted by atomic mass is 10.1. The van der Waals surface area contributed by atoms with Gasteiger partial charge in [-0.2, -0.15) is 0 Å². The third kappa shape index (κ3) is 4.48. The van der Waals surface area contributed by atoms with Gasteiger partial charge in [0.25, 0.3) is 0 Å². The first-order valence-electron chi connectivity index (χ1n) is 6.67. The van der Waals surface area contributed by atoms with E-state index < -0.39 is 0 Å². The van der Waals surface area contributed by atoms with Gasteiger partial charge in [0.1, 0.15) is 0 Å². The van der Waals surface area contributed by atoms with E-state index in [-0.39, 0.29) is 0 Å². The van der Waals surface area contributed by atoms with E-state index in [1.165, 1.54) is 16.7 Å². The Bertz CT molecular complexity index is 519. The molecule has 0 aliphatic heterocycles. The number of benzene rings is 2. The fourth-order valence-electron chi connectivity index (χ4n) is 2.14. The molecule has 0 bridgehead atoms. The van der Waals surface area contributed by atoms with E-state index >= 15 is 0 Å². The van der Waals surface area contributed by atoms with Crippen LogP contribution in [0.4, 0.5) is 0 Å². The van der Waals surface area contributed by atoms with E-state index in [2.05, 4.69) is 83.6 Å². The molecule has 0 saturated carbocycles. The first-order chi connectivity index (χ1) is 9.15. The molecule has 0 amide bonds. The maximum absolute atomic E-state index is 3.59. The van der Waals surface area contributed by atoms with Gasteiger partial charge in [0.05, 0.1) is 0 Å². The summed E-state index contributed by atoms with van der Waals surface area (Å²) in [5.74, 6) is 0. The second-order valence-electron chi connectivity index (χ2n) is 5.04. The van der Waals surface area contributed by atoms with Crippen molar-refractivity contribution in [1.29, 1.82) is 0 Å². The van der Waals surface area contributed by atoms with Gasteiger partial charge in [-0.1, -0.05) is 52.3 Å². The van der Waals surface area contributed by atoms with E-state index in [0.717, 1.165) is 17.4 Å². The largest absolute Gasteiger partial charge is 0.310 e. The van der Waals surface area contributed by atoms with Crippen molar-refractivity contribution in [2.45, 2.75) is 32.9 Å². The molecule has 0 aliphatic carbocycles. The van der Waals surface area contributed by atoms with E-state index in [0.29, 0.717) is 6.04 Å². The number of hydrogen-bond donors (Lipinski definition) is 1. The summed E-state index contributed by atoms with van der Waals surface area (Å²) in [6, 6.07) is 17.6. The van der Waals surface area contributed by atoms with Crippen molar-refractivity contribution in [3.8, 4) is 0 Å². The predicted molar refractivity (Wildman–Crippen MR) is 85.3 cm³/mol. The second kappa shape index (κ2) is 6.88. The Morgan fingerprint density at radius 2 is 1.74 bits per heavy atom. The highest BCUT2D eigenvalue weighted by Gasteiger charge is 2.04. The zero-order chi connectivity index (χ0) is 13.7. The molecule has 1 nitrogen and oxygen atoms in total. The Morgan fingerprint density at radius 3 is 2.42 bits per heavy atom. The highest BCUT2D eigenvalue weighted by molar-refractivity contribution is 9.10. The zero-order valence-electron chi connectivity index (χ0n) is 11.5. The van der Waals surface area contributed by atoms with Crippen LogP contribution in [0.15, 0.2) is 53.0 Å². The van der Waals surface area contributed by atoms with E-state index in [1.54, 1.807) is 0 Å². The Balaban J connectivity index is 1.86. The van der Waals surface area contributed by atoms with Crippen LogP contribution < -0.4 is 5.32 Å². The van der Waals surface area contributed by atoms with Crippen molar-refractivity contribution in [1.82, 2.24) is 5.32 Å². The van der Waals surface area contributed by atoms with Crippen LogP contribution in [0.5, 0.6) is 0 Å². The van der Waals surface area contributed by atoms with Crippen LogP contribution in [0.1, 0.15) is 23.6 Å². The van der Waals surface area contributed by atoms with E-state index in [1.807, 2.05) is 0 Å². The molecule has 0 aromatic heterocycles.